The predicted octanol–water partition coefficient (Wildman–Crippen LogP) is 4.45. The smallest absolute Gasteiger partial charge is 0.277 e. The van der Waals surface area contributed by atoms with E-state index < -0.39 is 0 Å². The van der Waals surface area contributed by atoms with E-state index in [1.807, 2.05) is 78.9 Å². The molecule has 0 atom stereocenters. The molecular formula is C24H22N2O3. The zero-order valence-corrected chi connectivity index (χ0v) is 16.0. The van der Waals surface area contributed by atoms with Crippen molar-refractivity contribution in [3.63, 3.8) is 0 Å². The largest absolute Gasteiger partial charge is 0.489 e. The molecule has 0 saturated carbocycles. The summed E-state index contributed by atoms with van der Waals surface area (Å²) >= 11 is 0. The predicted molar refractivity (Wildman–Crippen MR) is 115 cm³/mol. The Labute approximate surface area is 170 Å². The fourth-order valence-electron chi connectivity index (χ4n) is 2.67. The zero-order chi connectivity index (χ0) is 20.3. The van der Waals surface area contributed by atoms with Crippen molar-refractivity contribution in [2.75, 3.05) is 13.2 Å². The summed E-state index contributed by atoms with van der Waals surface area (Å²) in [7, 11) is 0. The van der Waals surface area contributed by atoms with E-state index in [1.165, 1.54) is 6.21 Å². The molecule has 0 unspecified atom stereocenters. The van der Waals surface area contributed by atoms with Gasteiger partial charge < -0.3 is 9.47 Å². The second-order valence-electron chi connectivity index (χ2n) is 6.08. The molecule has 3 aromatic rings. The van der Waals surface area contributed by atoms with E-state index in [0.717, 1.165) is 16.7 Å². The fraction of sp³-hybridized carbons (Fsp3) is 0.0833. The number of carbonyl (C=O) groups is 1. The van der Waals surface area contributed by atoms with Gasteiger partial charge in [-0.15, -0.1) is 0 Å². The standard InChI is InChI=1S/C24H22N2O3/c1-2-16-28-22-14-8-6-12-20(22)17-25-26-24(27)18-29-23-15-9-7-13-21(23)19-10-4-3-5-11-19/h2-15,17H,1,16,18H2,(H,26,27)/b25-17+. The summed E-state index contributed by atoms with van der Waals surface area (Å²) in [5.41, 5.74) is 5.18. The highest BCUT2D eigenvalue weighted by molar-refractivity contribution is 5.85. The van der Waals surface area contributed by atoms with Gasteiger partial charge in [0.15, 0.2) is 6.61 Å². The minimum atomic E-state index is -0.353. The van der Waals surface area contributed by atoms with E-state index in [1.54, 1.807) is 6.08 Å². The number of hydrogen-bond donors (Lipinski definition) is 1. The fourth-order valence-corrected chi connectivity index (χ4v) is 2.67. The van der Waals surface area contributed by atoms with E-state index in [2.05, 4.69) is 17.1 Å². The van der Waals surface area contributed by atoms with E-state index in [9.17, 15) is 4.79 Å². The van der Waals surface area contributed by atoms with Gasteiger partial charge in [-0.05, 0) is 23.8 Å². The van der Waals surface area contributed by atoms with Crippen molar-refractivity contribution in [2.45, 2.75) is 0 Å². The van der Waals surface area contributed by atoms with Crippen LogP contribution in [0.5, 0.6) is 11.5 Å². The van der Waals surface area contributed by atoms with Gasteiger partial charge >= 0.3 is 0 Å². The first-order valence-corrected chi connectivity index (χ1v) is 9.20. The average Bonchev–Trinajstić information content (AvgIpc) is 2.78. The van der Waals surface area contributed by atoms with Crippen LogP contribution in [-0.4, -0.2) is 25.3 Å². The van der Waals surface area contributed by atoms with Crippen LogP contribution in [0.15, 0.2) is 96.6 Å². The molecule has 1 N–H and O–H groups in total. The van der Waals surface area contributed by atoms with E-state index in [4.69, 9.17) is 9.47 Å². The van der Waals surface area contributed by atoms with Gasteiger partial charge in [0.2, 0.25) is 0 Å². The maximum absolute atomic E-state index is 12.1. The Morgan fingerprint density at radius 2 is 1.59 bits per heavy atom. The van der Waals surface area contributed by atoms with Crippen LogP contribution in [0.3, 0.4) is 0 Å². The van der Waals surface area contributed by atoms with Crippen molar-refractivity contribution in [3.05, 3.63) is 97.1 Å². The Morgan fingerprint density at radius 3 is 2.38 bits per heavy atom. The Kier molecular flexibility index (Phi) is 7.18. The molecule has 3 aromatic carbocycles. The van der Waals surface area contributed by atoms with Crippen LogP contribution in [0.4, 0.5) is 0 Å². The molecular weight excluding hydrogens is 364 g/mol. The van der Waals surface area contributed by atoms with Crippen LogP contribution in [0, 0.1) is 0 Å². The maximum atomic E-state index is 12.1. The van der Waals surface area contributed by atoms with Crippen LogP contribution in [0.1, 0.15) is 5.56 Å². The first kappa shape index (κ1) is 19.9. The number of amides is 1. The number of nitrogens with zero attached hydrogens (tertiary/aromatic N) is 1. The monoisotopic (exact) mass is 386 g/mol. The quantitative estimate of drug-likeness (QED) is 0.336. The van der Waals surface area contributed by atoms with Crippen molar-refractivity contribution in [2.24, 2.45) is 5.10 Å². The highest BCUT2D eigenvalue weighted by Crippen LogP contribution is 2.29. The average molecular weight is 386 g/mol. The number of hydrazone groups is 1. The third-order valence-corrected chi connectivity index (χ3v) is 4.00. The number of hydrogen-bond acceptors (Lipinski definition) is 4. The van der Waals surface area contributed by atoms with Gasteiger partial charge in [0.05, 0.1) is 6.21 Å². The van der Waals surface area contributed by atoms with Crippen molar-refractivity contribution < 1.29 is 14.3 Å². The van der Waals surface area contributed by atoms with Crippen molar-refractivity contribution >= 4 is 12.1 Å². The molecule has 1 amide bonds. The summed E-state index contributed by atoms with van der Waals surface area (Å²) in [4.78, 5) is 12.1. The first-order chi connectivity index (χ1) is 14.3. The molecule has 0 fully saturated rings. The lowest BCUT2D eigenvalue weighted by atomic mass is 10.1. The van der Waals surface area contributed by atoms with Gasteiger partial charge in [0, 0.05) is 11.1 Å². The Bertz CT molecular complexity index is 984. The summed E-state index contributed by atoms with van der Waals surface area (Å²) in [6, 6.07) is 24.9. The van der Waals surface area contributed by atoms with Gasteiger partial charge in [-0.1, -0.05) is 73.3 Å². The Hall–Kier alpha value is -3.86. The van der Waals surface area contributed by atoms with Crippen LogP contribution < -0.4 is 14.9 Å². The van der Waals surface area contributed by atoms with Gasteiger partial charge in [0.1, 0.15) is 18.1 Å². The van der Waals surface area contributed by atoms with Crippen LogP contribution >= 0.6 is 0 Å². The lowest BCUT2D eigenvalue weighted by Crippen LogP contribution is -2.24. The minimum Gasteiger partial charge on any atom is -0.489 e. The first-order valence-electron chi connectivity index (χ1n) is 9.20. The topological polar surface area (TPSA) is 59.9 Å². The second kappa shape index (κ2) is 10.5. The maximum Gasteiger partial charge on any atom is 0.277 e. The highest BCUT2D eigenvalue weighted by Gasteiger charge is 2.08. The van der Waals surface area contributed by atoms with Crippen LogP contribution in [0.2, 0.25) is 0 Å². The van der Waals surface area contributed by atoms with Crippen LogP contribution in [-0.2, 0) is 4.79 Å². The summed E-state index contributed by atoms with van der Waals surface area (Å²) in [5.74, 6) is 0.952. The molecule has 0 aliphatic rings. The van der Waals surface area contributed by atoms with E-state index >= 15 is 0 Å². The molecule has 0 heterocycles. The number of benzene rings is 3. The molecule has 5 heteroatoms. The molecule has 0 aromatic heterocycles. The number of nitrogens with one attached hydrogen (secondary N) is 1. The number of ether oxygens (including phenoxy) is 2. The SMILES string of the molecule is C=CCOc1ccccc1/C=N/NC(=O)COc1ccccc1-c1ccccc1. The zero-order valence-electron chi connectivity index (χ0n) is 16.0. The van der Waals surface area contributed by atoms with E-state index in [-0.39, 0.29) is 12.5 Å². The molecule has 0 saturated heterocycles. The molecule has 29 heavy (non-hydrogen) atoms. The highest BCUT2D eigenvalue weighted by atomic mass is 16.5. The Balaban J connectivity index is 1.58. The lowest BCUT2D eigenvalue weighted by Gasteiger charge is -2.11. The molecule has 0 aliphatic heterocycles. The summed E-state index contributed by atoms with van der Waals surface area (Å²) in [5, 5.41) is 3.99. The normalized spacial score (nSPS) is 10.5. The van der Waals surface area contributed by atoms with Gasteiger partial charge in [-0.25, -0.2) is 5.43 Å². The van der Waals surface area contributed by atoms with Gasteiger partial charge in [-0.2, -0.15) is 5.10 Å². The second-order valence-corrected chi connectivity index (χ2v) is 6.08. The van der Waals surface area contributed by atoms with Gasteiger partial charge in [-0.3, -0.25) is 4.79 Å². The number of rotatable bonds is 9. The molecule has 5 nitrogen and oxygen atoms in total. The lowest BCUT2D eigenvalue weighted by molar-refractivity contribution is -0.123. The molecule has 0 spiro atoms. The number of carbonyl (C=O) groups excluding carboxylic acids is 1. The third-order valence-electron chi connectivity index (χ3n) is 4.00. The molecule has 3 rings (SSSR count). The van der Waals surface area contributed by atoms with E-state index in [0.29, 0.717) is 18.1 Å². The third kappa shape index (κ3) is 5.81. The molecule has 0 bridgehead atoms. The van der Waals surface area contributed by atoms with Crippen molar-refractivity contribution in [1.29, 1.82) is 0 Å². The summed E-state index contributed by atoms with van der Waals surface area (Å²) in [6.45, 7) is 3.88. The van der Waals surface area contributed by atoms with Crippen molar-refractivity contribution in [1.82, 2.24) is 5.43 Å². The summed E-state index contributed by atoms with van der Waals surface area (Å²) < 4.78 is 11.3. The Morgan fingerprint density at radius 1 is 0.897 bits per heavy atom. The molecule has 146 valence electrons. The summed E-state index contributed by atoms with van der Waals surface area (Å²) in [6.07, 6.45) is 3.20. The minimum absolute atomic E-state index is 0.143. The molecule has 0 radical (unpaired) electrons. The number of para-hydroxylation sites is 2. The molecule has 0 aliphatic carbocycles. The van der Waals surface area contributed by atoms with Gasteiger partial charge in [0.25, 0.3) is 5.91 Å². The van der Waals surface area contributed by atoms with Crippen LogP contribution in [0.25, 0.3) is 11.1 Å². The van der Waals surface area contributed by atoms with Crippen molar-refractivity contribution in [3.8, 4) is 22.6 Å².